The lowest BCUT2D eigenvalue weighted by Gasteiger charge is -2.35. The number of piperazine rings is 1. The maximum Gasteiger partial charge on any atom is 0.410 e. The molecule has 1 aliphatic heterocycles. The molecule has 1 heterocycles. The largest absolute Gasteiger partial charge is 0.444 e. The number of aliphatic hydroxyl groups excluding tert-OH is 1. The van der Waals surface area contributed by atoms with E-state index in [9.17, 15) is 9.90 Å². The van der Waals surface area contributed by atoms with Crippen molar-refractivity contribution in [3.8, 4) is 0 Å². The van der Waals surface area contributed by atoms with Crippen LogP contribution in [0.5, 0.6) is 0 Å². The molecule has 2 rings (SSSR count). The second-order valence-corrected chi connectivity index (χ2v) is 8.72. The summed E-state index contributed by atoms with van der Waals surface area (Å²) in [6.45, 7) is 13.3. The van der Waals surface area contributed by atoms with E-state index in [1.54, 1.807) is 4.90 Å². The monoisotopic (exact) mass is 525 g/mol. The molecule has 0 aromatic rings. The summed E-state index contributed by atoms with van der Waals surface area (Å²) in [6.07, 6.45) is 3.33. The molecular formula is C20H40IN5O3. The fourth-order valence-electron chi connectivity index (χ4n) is 3.52. The number of hydrogen-bond acceptors (Lipinski definition) is 5. The highest BCUT2D eigenvalue weighted by Gasteiger charge is 2.25. The molecule has 0 aromatic carbocycles. The van der Waals surface area contributed by atoms with E-state index in [-0.39, 0.29) is 36.2 Å². The SMILES string of the molecule is CCNC(=NCCN1CCN(C(=O)OC(C)(C)C)CC1)NC1CCC(O)CC1.I. The molecule has 9 heteroatoms. The number of halogens is 1. The first-order chi connectivity index (χ1) is 13.3. The number of guanidine groups is 1. The molecule has 8 nitrogen and oxygen atoms in total. The van der Waals surface area contributed by atoms with Gasteiger partial charge in [-0.2, -0.15) is 0 Å². The van der Waals surface area contributed by atoms with E-state index >= 15 is 0 Å². The van der Waals surface area contributed by atoms with Gasteiger partial charge in [-0.15, -0.1) is 24.0 Å². The molecular weight excluding hydrogens is 485 g/mol. The molecule has 170 valence electrons. The molecule has 0 spiro atoms. The number of amides is 1. The van der Waals surface area contributed by atoms with Crippen LogP contribution in [0.15, 0.2) is 4.99 Å². The van der Waals surface area contributed by atoms with Crippen LogP contribution in [0.3, 0.4) is 0 Å². The first-order valence-corrected chi connectivity index (χ1v) is 10.7. The lowest BCUT2D eigenvalue weighted by molar-refractivity contribution is 0.0148. The fraction of sp³-hybridized carbons (Fsp3) is 0.900. The highest BCUT2D eigenvalue weighted by molar-refractivity contribution is 14.0. The van der Waals surface area contributed by atoms with Gasteiger partial charge in [0, 0.05) is 45.3 Å². The first kappa shape index (κ1) is 26.2. The van der Waals surface area contributed by atoms with Crippen molar-refractivity contribution in [2.24, 2.45) is 4.99 Å². The van der Waals surface area contributed by atoms with Crippen molar-refractivity contribution in [1.82, 2.24) is 20.4 Å². The summed E-state index contributed by atoms with van der Waals surface area (Å²) in [5.74, 6) is 0.858. The van der Waals surface area contributed by atoms with Crippen LogP contribution in [0.25, 0.3) is 0 Å². The summed E-state index contributed by atoms with van der Waals surface area (Å²) in [6, 6.07) is 0.388. The van der Waals surface area contributed by atoms with E-state index in [1.165, 1.54) is 0 Å². The van der Waals surface area contributed by atoms with Crippen molar-refractivity contribution >= 4 is 36.0 Å². The number of carbonyl (C=O) groups is 1. The van der Waals surface area contributed by atoms with Crippen LogP contribution < -0.4 is 10.6 Å². The van der Waals surface area contributed by atoms with Crippen molar-refractivity contribution in [1.29, 1.82) is 0 Å². The maximum absolute atomic E-state index is 12.1. The van der Waals surface area contributed by atoms with Crippen molar-refractivity contribution in [3.63, 3.8) is 0 Å². The molecule has 3 N–H and O–H groups in total. The second kappa shape index (κ2) is 12.8. The van der Waals surface area contributed by atoms with Gasteiger partial charge < -0.3 is 25.4 Å². The fourth-order valence-corrected chi connectivity index (χ4v) is 3.52. The van der Waals surface area contributed by atoms with Gasteiger partial charge in [0.25, 0.3) is 0 Å². The Morgan fingerprint density at radius 1 is 1.14 bits per heavy atom. The smallest absolute Gasteiger partial charge is 0.410 e. The molecule has 0 radical (unpaired) electrons. The van der Waals surface area contributed by atoms with Crippen LogP contribution in [0.4, 0.5) is 4.79 Å². The van der Waals surface area contributed by atoms with Gasteiger partial charge in [-0.05, 0) is 53.4 Å². The van der Waals surface area contributed by atoms with E-state index in [1.807, 2.05) is 20.8 Å². The van der Waals surface area contributed by atoms with E-state index in [0.29, 0.717) is 19.1 Å². The number of aliphatic hydroxyl groups is 1. The van der Waals surface area contributed by atoms with Crippen molar-refractivity contribution in [3.05, 3.63) is 0 Å². The Hall–Kier alpha value is -0.810. The first-order valence-electron chi connectivity index (χ1n) is 10.7. The number of hydrogen-bond donors (Lipinski definition) is 3. The lowest BCUT2D eigenvalue weighted by atomic mass is 9.93. The summed E-state index contributed by atoms with van der Waals surface area (Å²) in [5.41, 5.74) is -0.449. The molecule has 2 fully saturated rings. The quantitative estimate of drug-likeness (QED) is 0.289. The third-order valence-corrected chi connectivity index (χ3v) is 5.09. The van der Waals surface area contributed by atoms with Crippen LogP contribution in [0, 0.1) is 0 Å². The van der Waals surface area contributed by atoms with Crippen molar-refractivity contribution < 1.29 is 14.6 Å². The number of aliphatic imine (C=N–C) groups is 1. The van der Waals surface area contributed by atoms with Crippen molar-refractivity contribution in [2.45, 2.75) is 71.1 Å². The van der Waals surface area contributed by atoms with Gasteiger partial charge in [0.15, 0.2) is 5.96 Å². The third kappa shape index (κ3) is 10.2. The Bertz CT molecular complexity index is 511. The summed E-state index contributed by atoms with van der Waals surface area (Å²) < 4.78 is 5.45. The van der Waals surface area contributed by atoms with Gasteiger partial charge in [-0.1, -0.05) is 0 Å². The molecule has 0 bridgehead atoms. The Morgan fingerprint density at radius 2 is 1.76 bits per heavy atom. The number of carbonyl (C=O) groups excluding carboxylic acids is 1. The minimum atomic E-state index is -0.449. The van der Waals surface area contributed by atoms with Gasteiger partial charge in [-0.25, -0.2) is 4.79 Å². The highest BCUT2D eigenvalue weighted by atomic mass is 127. The Balaban J connectivity index is 0.00000420. The number of nitrogens with zero attached hydrogens (tertiary/aromatic N) is 3. The summed E-state index contributed by atoms with van der Waals surface area (Å²) in [4.78, 5) is 21.0. The van der Waals surface area contributed by atoms with Gasteiger partial charge in [0.05, 0.1) is 12.6 Å². The van der Waals surface area contributed by atoms with Crippen molar-refractivity contribution in [2.75, 3.05) is 45.8 Å². The predicted octanol–water partition coefficient (Wildman–Crippen LogP) is 2.02. The zero-order chi connectivity index (χ0) is 20.6. The molecule has 1 saturated heterocycles. The summed E-state index contributed by atoms with van der Waals surface area (Å²) in [5, 5.41) is 16.5. The Labute approximate surface area is 192 Å². The second-order valence-electron chi connectivity index (χ2n) is 8.72. The summed E-state index contributed by atoms with van der Waals surface area (Å²) in [7, 11) is 0. The lowest BCUT2D eigenvalue weighted by Crippen LogP contribution is -2.50. The van der Waals surface area contributed by atoms with Crippen LogP contribution in [-0.4, -0.2) is 90.5 Å². The highest BCUT2D eigenvalue weighted by Crippen LogP contribution is 2.18. The molecule has 2 aliphatic rings. The maximum atomic E-state index is 12.1. The van der Waals surface area contributed by atoms with E-state index in [4.69, 9.17) is 9.73 Å². The summed E-state index contributed by atoms with van der Waals surface area (Å²) >= 11 is 0. The third-order valence-electron chi connectivity index (χ3n) is 5.09. The normalized spacial score (nSPS) is 23.9. The number of ether oxygens (including phenoxy) is 1. The van der Waals surface area contributed by atoms with Gasteiger partial charge >= 0.3 is 6.09 Å². The predicted molar refractivity (Wildman–Crippen MR) is 127 cm³/mol. The molecule has 0 atom stereocenters. The van der Waals surface area contributed by atoms with Crippen LogP contribution in [0.2, 0.25) is 0 Å². The minimum absolute atomic E-state index is 0. The zero-order valence-electron chi connectivity index (χ0n) is 18.4. The number of nitrogens with one attached hydrogen (secondary N) is 2. The van der Waals surface area contributed by atoms with Gasteiger partial charge in [-0.3, -0.25) is 9.89 Å². The molecule has 1 amide bonds. The molecule has 0 unspecified atom stereocenters. The standard InChI is InChI=1S/C20H39N5O3.HI/c1-5-21-18(23-16-6-8-17(26)9-7-16)22-10-11-24-12-14-25(15-13-24)19(27)28-20(2,3)4;/h16-17,26H,5-15H2,1-4H3,(H2,21,22,23);1H. The van der Waals surface area contributed by atoms with Crippen LogP contribution in [0.1, 0.15) is 53.4 Å². The number of rotatable bonds is 5. The zero-order valence-corrected chi connectivity index (χ0v) is 20.8. The molecule has 0 aromatic heterocycles. The van der Waals surface area contributed by atoms with E-state index in [2.05, 4.69) is 22.5 Å². The van der Waals surface area contributed by atoms with E-state index in [0.717, 1.165) is 64.4 Å². The minimum Gasteiger partial charge on any atom is -0.444 e. The van der Waals surface area contributed by atoms with Gasteiger partial charge in [0.2, 0.25) is 0 Å². The molecule has 29 heavy (non-hydrogen) atoms. The topological polar surface area (TPSA) is 89.4 Å². The average Bonchev–Trinajstić information content (AvgIpc) is 2.63. The molecule has 1 aliphatic carbocycles. The molecule has 1 saturated carbocycles. The van der Waals surface area contributed by atoms with Crippen LogP contribution in [-0.2, 0) is 4.74 Å². The Morgan fingerprint density at radius 3 is 2.31 bits per heavy atom. The Kier molecular flexibility index (Phi) is 11.6. The van der Waals surface area contributed by atoms with Gasteiger partial charge in [0.1, 0.15) is 5.60 Å². The van der Waals surface area contributed by atoms with E-state index < -0.39 is 5.60 Å². The average molecular weight is 525 g/mol. The van der Waals surface area contributed by atoms with Crippen LogP contribution >= 0.6 is 24.0 Å².